The van der Waals surface area contributed by atoms with E-state index >= 15 is 0 Å². The quantitative estimate of drug-likeness (QED) is 0.103. The van der Waals surface area contributed by atoms with E-state index < -0.39 is 14.9 Å². The Morgan fingerprint density at radius 3 is 2.43 bits per heavy atom. The van der Waals surface area contributed by atoms with Gasteiger partial charge in [-0.25, -0.2) is 13.1 Å². The molecule has 3 N–H and O–H groups in total. The van der Waals surface area contributed by atoms with Crippen LogP contribution in [-0.4, -0.2) is 52.6 Å². The molecule has 164 valence electrons. The van der Waals surface area contributed by atoms with Crippen LogP contribution >= 0.6 is 24.0 Å². The zero-order chi connectivity index (χ0) is 21.1. The first-order valence-corrected chi connectivity index (χ1v) is 10.3. The maximum Gasteiger partial charge on any atom is 0.270 e. The average Bonchev–Trinajstić information content (AvgIpc) is 2.73. The molecule has 0 aliphatic heterocycles. The fraction of sp³-hybridized carbons (Fsp3) is 0.278. The van der Waals surface area contributed by atoms with Crippen LogP contribution in [0.3, 0.4) is 0 Å². The van der Waals surface area contributed by atoms with E-state index in [2.05, 4.69) is 20.3 Å². The third-order valence-electron chi connectivity index (χ3n) is 3.68. The van der Waals surface area contributed by atoms with Gasteiger partial charge in [-0.2, -0.15) is 0 Å². The van der Waals surface area contributed by atoms with Crippen LogP contribution in [0.5, 0.6) is 5.75 Å². The van der Waals surface area contributed by atoms with Gasteiger partial charge in [-0.15, -0.1) is 24.0 Å². The zero-order valence-corrected chi connectivity index (χ0v) is 19.4. The number of nitrogens with one attached hydrogen (secondary N) is 3. The number of sulfonamides is 1. The molecule has 0 amide bonds. The van der Waals surface area contributed by atoms with E-state index in [0.29, 0.717) is 19.1 Å². The van der Waals surface area contributed by atoms with Gasteiger partial charge in [0.1, 0.15) is 12.4 Å². The number of halogens is 1. The Bertz CT molecular complexity index is 941. The molecule has 0 saturated carbocycles. The molecular formula is C18H24IN5O5S. The van der Waals surface area contributed by atoms with Crippen molar-refractivity contribution in [2.75, 3.05) is 33.3 Å². The molecule has 0 heterocycles. The number of para-hydroxylation sites is 1. The van der Waals surface area contributed by atoms with Crippen LogP contribution in [0.15, 0.2) is 64.5 Å². The summed E-state index contributed by atoms with van der Waals surface area (Å²) in [6, 6.07) is 14.3. The number of rotatable bonds is 10. The van der Waals surface area contributed by atoms with Gasteiger partial charge in [-0.05, 0) is 18.2 Å². The highest BCUT2D eigenvalue weighted by atomic mass is 127. The van der Waals surface area contributed by atoms with Crippen LogP contribution in [0.2, 0.25) is 0 Å². The van der Waals surface area contributed by atoms with E-state index in [0.717, 1.165) is 11.8 Å². The Hall–Kier alpha value is -2.45. The molecule has 0 radical (unpaired) electrons. The molecule has 0 aliphatic rings. The third kappa shape index (κ3) is 8.51. The second kappa shape index (κ2) is 13.0. The van der Waals surface area contributed by atoms with Crippen LogP contribution in [0.4, 0.5) is 5.69 Å². The van der Waals surface area contributed by atoms with E-state index in [4.69, 9.17) is 4.74 Å². The number of guanidine groups is 1. The normalized spacial score (nSPS) is 11.3. The van der Waals surface area contributed by atoms with E-state index in [1.54, 1.807) is 7.05 Å². The molecule has 0 saturated heterocycles. The van der Waals surface area contributed by atoms with Gasteiger partial charge in [0.15, 0.2) is 5.96 Å². The molecule has 10 nitrogen and oxygen atoms in total. The number of aliphatic imine (C=N–C) groups is 1. The maximum absolute atomic E-state index is 12.2. The summed E-state index contributed by atoms with van der Waals surface area (Å²) in [5, 5.41) is 16.8. The molecule has 12 heteroatoms. The van der Waals surface area contributed by atoms with Crippen molar-refractivity contribution in [3.63, 3.8) is 0 Å². The highest BCUT2D eigenvalue weighted by Crippen LogP contribution is 2.16. The van der Waals surface area contributed by atoms with Crippen molar-refractivity contribution < 1.29 is 18.1 Å². The topological polar surface area (TPSA) is 135 Å². The van der Waals surface area contributed by atoms with E-state index in [9.17, 15) is 18.5 Å². The summed E-state index contributed by atoms with van der Waals surface area (Å²) in [4.78, 5) is 14.0. The predicted octanol–water partition coefficient (Wildman–Crippen LogP) is 1.74. The minimum absolute atomic E-state index is 0. The molecule has 0 aromatic heterocycles. The summed E-state index contributed by atoms with van der Waals surface area (Å²) in [6.45, 7) is 1.29. The van der Waals surface area contributed by atoms with Crippen molar-refractivity contribution in [3.8, 4) is 5.75 Å². The fourth-order valence-corrected chi connectivity index (χ4v) is 3.36. The Balaban J connectivity index is 0.00000450. The molecule has 0 spiro atoms. The minimum atomic E-state index is -3.85. The van der Waals surface area contributed by atoms with Gasteiger partial charge in [-0.3, -0.25) is 15.1 Å². The lowest BCUT2D eigenvalue weighted by molar-refractivity contribution is -0.385. The van der Waals surface area contributed by atoms with Crippen molar-refractivity contribution in [1.82, 2.24) is 15.4 Å². The Morgan fingerprint density at radius 2 is 1.77 bits per heavy atom. The lowest BCUT2D eigenvalue weighted by Crippen LogP contribution is -2.42. The van der Waals surface area contributed by atoms with Crippen LogP contribution < -0.4 is 20.1 Å². The molecule has 0 unspecified atom stereocenters. The second-order valence-electron chi connectivity index (χ2n) is 5.74. The number of nitrogens with zero attached hydrogens (tertiary/aromatic N) is 2. The summed E-state index contributed by atoms with van der Waals surface area (Å²) >= 11 is 0. The van der Waals surface area contributed by atoms with Gasteiger partial charge in [0.25, 0.3) is 5.69 Å². The SMILES string of the molecule is CN=C(NCCNS(=O)(=O)c1cccc([N+](=O)[O-])c1)NCCOc1ccccc1.I. The molecule has 0 aliphatic carbocycles. The summed E-state index contributed by atoms with van der Waals surface area (Å²) in [5.74, 6) is 1.27. The van der Waals surface area contributed by atoms with Gasteiger partial charge >= 0.3 is 0 Å². The molecule has 30 heavy (non-hydrogen) atoms. The molecular weight excluding hydrogens is 525 g/mol. The summed E-state index contributed by atoms with van der Waals surface area (Å²) in [7, 11) is -2.25. The van der Waals surface area contributed by atoms with Crippen LogP contribution in [-0.2, 0) is 10.0 Å². The Labute approximate surface area is 192 Å². The highest BCUT2D eigenvalue weighted by Gasteiger charge is 2.16. The maximum atomic E-state index is 12.2. The van der Waals surface area contributed by atoms with Gasteiger partial charge in [-0.1, -0.05) is 24.3 Å². The summed E-state index contributed by atoms with van der Waals surface area (Å²) < 4.78 is 32.4. The molecule has 2 aromatic rings. The number of ether oxygens (including phenoxy) is 1. The molecule has 0 bridgehead atoms. The van der Waals surface area contributed by atoms with E-state index in [1.807, 2.05) is 30.3 Å². The molecule has 2 aromatic carbocycles. The first-order valence-electron chi connectivity index (χ1n) is 8.79. The third-order valence-corrected chi connectivity index (χ3v) is 5.14. The van der Waals surface area contributed by atoms with Gasteiger partial charge in [0, 0.05) is 32.3 Å². The lowest BCUT2D eigenvalue weighted by Gasteiger charge is -2.13. The second-order valence-corrected chi connectivity index (χ2v) is 7.51. The fourth-order valence-electron chi connectivity index (χ4n) is 2.29. The van der Waals surface area contributed by atoms with Crippen LogP contribution in [0.1, 0.15) is 0 Å². The summed E-state index contributed by atoms with van der Waals surface area (Å²) in [6.07, 6.45) is 0. The van der Waals surface area contributed by atoms with Gasteiger partial charge in [0.05, 0.1) is 16.4 Å². The van der Waals surface area contributed by atoms with Crippen LogP contribution in [0.25, 0.3) is 0 Å². The molecule has 2 rings (SSSR count). The monoisotopic (exact) mass is 549 g/mol. The average molecular weight is 549 g/mol. The van der Waals surface area contributed by atoms with Crippen molar-refractivity contribution in [2.45, 2.75) is 4.90 Å². The van der Waals surface area contributed by atoms with Crippen LogP contribution in [0, 0.1) is 10.1 Å². The van der Waals surface area contributed by atoms with Crippen molar-refractivity contribution in [3.05, 3.63) is 64.7 Å². The lowest BCUT2D eigenvalue weighted by atomic mass is 10.3. The first-order chi connectivity index (χ1) is 13.9. The number of nitro groups is 1. The smallest absolute Gasteiger partial charge is 0.270 e. The largest absolute Gasteiger partial charge is 0.492 e. The highest BCUT2D eigenvalue weighted by molar-refractivity contribution is 14.0. The molecule has 0 fully saturated rings. The van der Waals surface area contributed by atoms with Gasteiger partial charge in [0.2, 0.25) is 10.0 Å². The minimum Gasteiger partial charge on any atom is -0.492 e. The van der Waals surface area contributed by atoms with Crippen molar-refractivity contribution in [2.24, 2.45) is 4.99 Å². The number of benzene rings is 2. The standard InChI is InChI=1S/C18H23N5O5S.HI/c1-19-18(21-12-13-28-16-7-3-2-4-8-16)20-10-11-22-29(26,27)17-9-5-6-15(14-17)23(24)25;/h2-9,14,22H,10-13H2,1H3,(H2,19,20,21);1H. The number of hydrogen-bond acceptors (Lipinski definition) is 6. The molecule has 0 atom stereocenters. The Kier molecular flexibility index (Phi) is 11.1. The van der Waals surface area contributed by atoms with Gasteiger partial charge < -0.3 is 15.4 Å². The van der Waals surface area contributed by atoms with E-state index in [1.165, 1.54) is 18.2 Å². The predicted molar refractivity (Wildman–Crippen MR) is 125 cm³/mol. The number of nitro benzene ring substituents is 1. The Morgan fingerprint density at radius 1 is 1.07 bits per heavy atom. The number of non-ortho nitro benzene ring substituents is 1. The van der Waals surface area contributed by atoms with Crippen molar-refractivity contribution in [1.29, 1.82) is 0 Å². The van der Waals surface area contributed by atoms with Crippen molar-refractivity contribution >= 4 is 45.6 Å². The number of hydrogen-bond donors (Lipinski definition) is 3. The summed E-state index contributed by atoms with van der Waals surface area (Å²) in [5.41, 5.74) is -0.284. The first kappa shape index (κ1) is 25.6. The van der Waals surface area contributed by atoms with E-state index in [-0.39, 0.29) is 47.6 Å². The zero-order valence-electron chi connectivity index (χ0n) is 16.3.